The number of amides is 4. The molecule has 2 aliphatic rings. The van der Waals surface area contributed by atoms with Gasteiger partial charge in [0.05, 0.1) is 6.20 Å². The molecule has 0 unspecified atom stereocenters. The lowest BCUT2D eigenvalue weighted by atomic mass is 9.73. The van der Waals surface area contributed by atoms with E-state index in [0.717, 1.165) is 24.2 Å². The maximum atomic E-state index is 12.9. The van der Waals surface area contributed by atoms with Crippen LogP contribution in [-0.2, 0) is 9.59 Å². The van der Waals surface area contributed by atoms with Gasteiger partial charge in [-0.2, -0.15) is 5.10 Å². The summed E-state index contributed by atoms with van der Waals surface area (Å²) < 4.78 is 1.68. The molecule has 1 spiro atoms. The Morgan fingerprint density at radius 2 is 2.20 bits per heavy atom. The number of hydrogen-bond donors (Lipinski definition) is 2. The van der Waals surface area contributed by atoms with Crippen molar-refractivity contribution in [2.75, 3.05) is 11.9 Å². The Balaban J connectivity index is 1.70. The van der Waals surface area contributed by atoms with Gasteiger partial charge in [-0.3, -0.25) is 14.5 Å². The van der Waals surface area contributed by atoms with Crippen LogP contribution in [0.25, 0.3) is 0 Å². The van der Waals surface area contributed by atoms with Crippen LogP contribution < -0.4 is 10.6 Å². The van der Waals surface area contributed by atoms with Crippen LogP contribution >= 0.6 is 0 Å². The molecule has 3 rings (SSSR count). The first-order valence-corrected chi connectivity index (χ1v) is 8.82. The topological polar surface area (TPSA) is 96.3 Å². The van der Waals surface area contributed by atoms with Crippen molar-refractivity contribution in [1.82, 2.24) is 20.0 Å². The Hall–Kier alpha value is -2.38. The van der Waals surface area contributed by atoms with Gasteiger partial charge in [0.25, 0.3) is 5.91 Å². The van der Waals surface area contributed by atoms with Gasteiger partial charge in [-0.25, -0.2) is 9.48 Å². The van der Waals surface area contributed by atoms with E-state index in [9.17, 15) is 14.4 Å². The fourth-order valence-corrected chi connectivity index (χ4v) is 3.79. The van der Waals surface area contributed by atoms with Crippen LogP contribution in [-0.4, -0.2) is 44.6 Å². The average Bonchev–Trinajstić information content (AvgIpc) is 3.10. The number of nitrogens with zero attached hydrogens (tertiary/aromatic N) is 3. The molecule has 0 aromatic carbocycles. The molecule has 0 bridgehead atoms. The molecule has 2 atom stereocenters. The van der Waals surface area contributed by atoms with Crippen molar-refractivity contribution >= 4 is 23.7 Å². The Kier molecular flexibility index (Phi) is 4.53. The van der Waals surface area contributed by atoms with E-state index in [2.05, 4.69) is 15.7 Å². The van der Waals surface area contributed by atoms with Gasteiger partial charge in [0, 0.05) is 12.1 Å². The van der Waals surface area contributed by atoms with E-state index in [0.29, 0.717) is 12.2 Å². The third kappa shape index (κ3) is 3.01. The Morgan fingerprint density at radius 1 is 1.44 bits per heavy atom. The summed E-state index contributed by atoms with van der Waals surface area (Å²) >= 11 is 0. The summed E-state index contributed by atoms with van der Waals surface area (Å²) in [4.78, 5) is 38.6. The van der Waals surface area contributed by atoms with E-state index in [1.165, 1.54) is 0 Å². The van der Waals surface area contributed by atoms with Crippen molar-refractivity contribution in [3.8, 4) is 0 Å². The van der Waals surface area contributed by atoms with Gasteiger partial charge in [0.2, 0.25) is 5.91 Å². The van der Waals surface area contributed by atoms with Crippen LogP contribution in [0.15, 0.2) is 12.3 Å². The lowest BCUT2D eigenvalue weighted by Gasteiger charge is -2.36. The number of urea groups is 1. The highest BCUT2D eigenvalue weighted by molar-refractivity contribution is 6.10. The number of imide groups is 1. The maximum absolute atomic E-state index is 12.9. The molecule has 2 N–H and O–H groups in total. The van der Waals surface area contributed by atoms with E-state index in [1.54, 1.807) is 16.9 Å². The largest absolute Gasteiger partial charge is 0.325 e. The summed E-state index contributed by atoms with van der Waals surface area (Å²) in [6, 6.07) is 1.30. The SMILES string of the molecule is CC(C)n1nccc1NC(=O)CN1C(=O)N[C@]2(CCCC[C@@H]2C)C1=O. The monoisotopic (exact) mass is 347 g/mol. The summed E-state index contributed by atoms with van der Waals surface area (Å²) in [7, 11) is 0. The molecule has 0 radical (unpaired) electrons. The normalized spacial score (nSPS) is 26.4. The number of carbonyl (C=O) groups is 3. The fraction of sp³-hybridized carbons (Fsp3) is 0.647. The lowest BCUT2D eigenvalue weighted by molar-refractivity contribution is -0.136. The predicted octanol–water partition coefficient (Wildman–Crippen LogP) is 1.90. The molecule has 1 aromatic heterocycles. The molecule has 1 aliphatic heterocycles. The quantitative estimate of drug-likeness (QED) is 0.813. The maximum Gasteiger partial charge on any atom is 0.325 e. The third-order valence-corrected chi connectivity index (χ3v) is 5.23. The van der Waals surface area contributed by atoms with Crippen molar-refractivity contribution in [2.24, 2.45) is 5.92 Å². The molecule has 1 aromatic rings. The molecule has 8 heteroatoms. The Labute approximate surface area is 146 Å². The zero-order valence-electron chi connectivity index (χ0n) is 14.9. The molecule has 1 saturated carbocycles. The minimum Gasteiger partial charge on any atom is -0.323 e. The Bertz CT molecular complexity index is 698. The smallest absolute Gasteiger partial charge is 0.323 e. The molecular weight excluding hydrogens is 322 g/mol. The van der Waals surface area contributed by atoms with Crippen molar-refractivity contribution in [3.63, 3.8) is 0 Å². The molecule has 136 valence electrons. The molecular formula is C17H25N5O3. The van der Waals surface area contributed by atoms with E-state index < -0.39 is 17.5 Å². The summed E-state index contributed by atoms with van der Waals surface area (Å²) in [5.41, 5.74) is -0.838. The number of rotatable bonds is 4. The van der Waals surface area contributed by atoms with Crippen molar-refractivity contribution < 1.29 is 14.4 Å². The average molecular weight is 347 g/mol. The number of carbonyl (C=O) groups excluding carboxylic acids is 3. The minimum atomic E-state index is -0.838. The van der Waals surface area contributed by atoms with E-state index >= 15 is 0 Å². The van der Waals surface area contributed by atoms with Gasteiger partial charge in [0.1, 0.15) is 17.9 Å². The van der Waals surface area contributed by atoms with Crippen LogP contribution in [0, 0.1) is 5.92 Å². The molecule has 25 heavy (non-hydrogen) atoms. The van der Waals surface area contributed by atoms with E-state index in [-0.39, 0.29) is 24.4 Å². The summed E-state index contributed by atoms with van der Waals surface area (Å²) in [5, 5.41) is 9.73. The van der Waals surface area contributed by atoms with Crippen LogP contribution in [0.1, 0.15) is 52.5 Å². The molecule has 2 fully saturated rings. The van der Waals surface area contributed by atoms with Gasteiger partial charge in [-0.15, -0.1) is 0 Å². The lowest BCUT2D eigenvalue weighted by Crippen LogP contribution is -2.54. The first-order chi connectivity index (χ1) is 11.8. The van der Waals surface area contributed by atoms with E-state index in [4.69, 9.17) is 0 Å². The highest BCUT2D eigenvalue weighted by Crippen LogP contribution is 2.38. The Morgan fingerprint density at radius 3 is 2.88 bits per heavy atom. The van der Waals surface area contributed by atoms with Gasteiger partial charge < -0.3 is 10.6 Å². The third-order valence-electron chi connectivity index (χ3n) is 5.23. The van der Waals surface area contributed by atoms with Crippen molar-refractivity contribution in [2.45, 2.75) is 58.0 Å². The zero-order valence-corrected chi connectivity index (χ0v) is 14.9. The predicted molar refractivity (Wildman–Crippen MR) is 91.8 cm³/mol. The minimum absolute atomic E-state index is 0.0770. The number of hydrogen-bond acceptors (Lipinski definition) is 4. The summed E-state index contributed by atoms with van der Waals surface area (Å²) in [5.74, 6) is -0.0652. The number of anilines is 1. The molecule has 8 nitrogen and oxygen atoms in total. The fourth-order valence-electron chi connectivity index (χ4n) is 3.79. The molecule has 2 heterocycles. The molecule has 1 saturated heterocycles. The highest BCUT2D eigenvalue weighted by Gasteiger charge is 2.55. The van der Waals surface area contributed by atoms with Gasteiger partial charge in [-0.1, -0.05) is 19.8 Å². The first kappa shape index (κ1) is 17.4. The second kappa shape index (κ2) is 6.50. The second-order valence-electron chi connectivity index (χ2n) is 7.24. The first-order valence-electron chi connectivity index (χ1n) is 8.82. The van der Waals surface area contributed by atoms with Gasteiger partial charge >= 0.3 is 6.03 Å². The van der Waals surface area contributed by atoms with E-state index in [1.807, 2.05) is 20.8 Å². The molecule has 1 aliphatic carbocycles. The standard InChI is InChI=1S/C17H25N5O3/c1-11(2)22-13(7-9-18-22)19-14(23)10-21-15(24)17(20-16(21)25)8-5-4-6-12(17)3/h7,9,11-12H,4-6,8,10H2,1-3H3,(H,19,23)(H,20,25)/t12-,17-/m0/s1. The van der Waals surface area contributed by atoms with Crippen LogP contribution in [0.4, 0.5) is 10.6 Å². The van der Waals surface area contributed by atoms with Gasteiger partial charge in [-0.05, 0) is 32.6 Å². The van der Waals surface area contributed by atoms with Gasteiger partial charge in [0.15, 0.2) is 0 Å². The van der Waals surface area contributed by atoms with Crippen LogP contribution in [0.3, 0.4) is 0 Å². The zero-order chi connectivity index (χ0) is 18.2. The second-order valence-corrected chi connectivity index (χ2v) is 7.24. The summed E-state index contributed by atoms with van der Waals surface area (Å²) in [6.45, 7) is 5.60. The number of aromatic nitrogens is 2. The van der Waals surface area contributed by atoms with Crippen molar-refractivity contribution in [3.05, 3.63) is 12.3 Å². The van der Waals surface area contributed by atoms with Crippen LogP contribution in [0.5, 0.6) is 0 Å². The summed E-state index contributed by atoms with van der Waals surface area (Å²) in [6.07, 6.45) is 5.11. The number of nitrogens with one attached hydrogen (secondary N) is 2. The highest BCUT2D eigenvalue weighted by atomic mass is 16.2. The van der Waals surface area contributed by atoms with Crippen LogP contribution in [0.2, 0.25) is 0 Å². The molecule has 4 amide bonds. The van der Waals surface area contributed by atoms with Crippen molar-refractivity contribution in [1.29, 1.82) is 0 Å².